The molecule has 2 nitrogen and oxygen atoms in total. The van der Waals surface area contributed by atoms with Gasteiger partial charge >= 0.3 is 0 Å². The van der Waals surface area contributed by atoms with Gasteiger partial charge < -0.3 is 4.90 Å². The molecule has 0 N–H and O–H groups in total. The number of allylic oxidation sites excluding steroid dienone is 1. The number of carbonyl (C=O) groups excluding carboxylic acids is 1. The second-order valence-electron chi connectivity index (χ2n) is 5.98. The van der Waals surface area contributed by atoms with Crippen molar-refractivity contribution >= 4 is 11.5 Å². The Morgan fingerprint density at radius 2 is 1.71 bits per heavy atom. The summed E-state index contributed by atoms with van der Waals surface area (Å²) in [6.45, 7) is 3.79. The van der Waals surface area contributed by atoms with Gasteiger partial charge in [-0.05, 0) is 37.1 Å². The van der Waals surface area contributed by atoms with Crippen molar-refractivity contribution in [3.63, 3.8) is 0 Å². The number of anilines is 1. The minimum atomic E-state index is -0.990. The Balaban J connectivity index is 2.16. The van der Waals surface area contributed by atoms with Crippen molar-refractivity contribution in [2.75, 3.05) is 4.90 Å². The topological polar surface area (TPSA) is 20.3 Å². The maximum atomic E-state index is 14.2. The molecule has 2 aromatic carbocycles. The van der Waals surface area contributed by atoms with Gasteiger partial charge in [0, 0.05) is 36.0 Å². The van der Waals surface area contributed by atoms with Crippen LogP contribution in [0.2, 0.25) is 0 Å². The first kappa shape index (κ1) is 16.3. The van der Waals surface area contributed by atoms with Gasteiger partial charge in [-0.15, -0.1) is 0 Å². The van der Waals surface area contributed by atoms with E-state index >= 15 is 0 Å². The summed E-state index contributed by atoms with van der Waals surface area (Å²) in [6, 6.07) is 6.16. The van der Waals surface area contributed by atoms with Gasteiger partial charge in [0.15, 0.2) is 5.78 Å². The standard InChI is InChI=1S/C19H16F3NO/c1-11-3-4-12(2)17(7-11)23-6-5-14(24)10-18(23)19-15(21)8-13(20)9-16(19)22/h3-9,18H,10H2,1-2H3. The lowest BCUT2D eigenvalue weighted by atomic mass is 9.94. The van der Waals surface area contributed by atoms with Crippen LogP contribution in [-0.2, 0) is 4.79 Å². The van der Waals surface area contributed by atoms with Crippen LogP contribution >= 0.6 is 0 Å². The number of aryl methyl sites for hydroxylation is 2. The Bertz CT molecular complexity index is 821. The highest BCUT2D eigenvalue weighted by atomic mass is 19.1. The third-order valence-corrected chi connectivity index (χ3v) is 4.17. The lowest BCUT2D eigenvalue weighted by Gasteiger charge is -2.34. The number of nitrogens with zero attached hydrogens (tertiary/aromatic N) is 1. The van der Waals surface area contributed by atoms with E-state index < -0.39 is 23.5 Å². The molecule has 1 atom stereocenters. The molecule has 0 fully saturated rings. The smallest absolute Gasteiger partial charge is 0.159 e. The van der Waals surface area contributed by atoms with Crippen LogP contribution in [0.5, 0.6) is 0 Å². The number of carbonyl (C=O) groups is 1. The van der Waals surface area contributed by atoms with Gasteiger partial charge in [0.05, 0.1) is 6.04 Å². The highest BCUT2D eigenvalue weighted by molar-refractivity contribution is 5.92. The quantitative estimate of drug-likeness (QED) is 0.791. The second kappa shape index (κ2) is 6.15. The van der Waals surface area contributed by atoms with Crippen LogP contribution in [0.25, 0.3) is 0 Å². The molecular formula is C19H16F3NO. The molecule has 0 radical (unpaired) electrons. The maximum Gasteiger partial charge on any atom is 0.159 e. The van der Waals surface area contributed by atoms with Gasteiger partial charge in [0.2, 0.25) is 0 Å². The van der Waals surface area contributed by atoms with Crippen molar-refractivity contribution < 1.29 is 18.0 Å². The van der Waals surface area contributed by atoms with Crippen LogP contribution in [0, 0.1) is 31.3 Å². The molecule has 124 valence electrons. The van der Waals surface area contributed by atoms with E-state index in [0.29, 0.717) is 12.1 Å². The van der Waals surface area contributed by atoms with Crippen LogP contribution in [0.15, 0.2) is 42.6 Å². The summed E-state index contributed by atoms with van der Waals surface area (Å²) < 4.78 is 41.7. The van der Waals surface area contributed by atoms with Crippen molar-refractivity contribution in [2.45, 2.75) is 26.3 Å². The van der Waals surface area contributed by atoms with Crippen LogP contribution < -0.4 is 4.90 Å². The highest BCUT2D eigenvalue weighted by Gasteiger charge is 2.31. The normalized spacial score (nSPS) is 17.5. The van der Waals surface area contributed by atoms with Crippen LogP contribution in [0.1, 0.15) is 29.2 Å². The predicted octanol–water partition coefficient (Wildman–Crippen LogP) is 4.75. The molecule has 2 aromatic rings. The summed E-state index contributed by atoms with van der Waals surface area (Å²) in [5.41, 5.74) is 2.36. The molecule has 1 heterocycles. The summed E-state index contributed by atoms with van der Waals surface area (Å²) in [5.74, 6) is -3.19. The largest absolute Gasteiger partial charge is 0.339 e. The number of ketones is 1. The van der Waals surface area contributed by atoms with E-state index in [1.165, 1.54) is 12.3 Å². The molecule has 1 aliphatic heterocycles. The van der Waals surface area contributed by atoms with Crippen molar-refractivity contribution in [2.24, 2.45) is 0 Å². The molecule has 1 aliphatic rings. The van der Waals surface area contributed by atoms with Gasteiger partial charge in [-0.3, -0.25) is 4.79 Å². The van der Waals surface area contributed by atoms with Crippen molar-refractivity contribution in [3.05, 3.63) is 76.7 Å². The fourth-order valence-electron chi connectivity index (χ4n) is 2.98. The molecule has 3 rings (SSSR count). The van der Waals surface area contributed by atoms with Crippen LogP contribution in [0.4, 0.5) is 18.9 Å². The first-order chi connectivity index (χ1) is 11.4. The molecule has 24 heavy (non-hydrogen) atoms. The SMILES string of the molecule is Cc1ccc(C)c(N2C=CC(=O)CC2c2c(F)cc(F)cc2F)c1. The molecule has 0 saturated carbocycles. The summed E-state index contributed by atoms with van der Waals surface area (Å²) in [7, 11) is 0. The van der Waals surface area contributed by atoms with E-state index in [9.17, 15) is 18.0 Å². The minimum Gasteiger partial charge on any atom is -0.339 e. The Hall–Kier alpha value is -2.56. The number of benzene rings is 2. The van der Waals surface area contributed by atoms with Gasteiger partial charge in [0.1, 0.15) is 17.5 Å². The maximum absolute atomic E-state index is 14.2. The minimum absolute atomic E-state index is 0.0800. The molecule has 5 heteroatoms. The third-order valence-electron chi connectivity index (χ3n) is 4.17. The van der Waals surface area contributed by atoms with E-state index in [1.54, 1.807) is 4.90 Å². The van der Waals surface area contributed by atoms with E-state index in [0.717, 1.165) is 16.8 Å². The molecule has 1 unspecified atom stereocenters. The molecule has 0 bridgehead atoms. The first-order valence-corrected chi connectivity index (χ1v) is 7.58. The second-order valence-corrected chi connectivity index (χ2v) is 5.98. The Morgan fingerprint density at radius 1 is 1.04 bits per heavy atom. The number of hydrogen-bond acceptors (Lipinski definition) is 2. The lowest BCUT2D eigenvalue weighted by molar-refractivity contribution is -0.115. The van der Waals surface area contributed by atoms with Gasteiger partial charge in [-0.1, -0.05) is 12.1 Å². The van der Waals surface area contributed by atoms with Crippen LogP contribution in [0.3, 0.4) is 0 Å². The number of hydrogen-bond donors (Lipinski definition) is 0. The monoisotopic (exact) mass is 331 g/mol. The molecular weight excluding hydrogens is 315 g/mol. The zero-order chi connectivity index (χ0) is 17.4. The summed E-state index contributed by atoms with van der Waals surface area (Å²) in [5, 5.41) is 0. The van der Waals surface area contributed by atoms with Gasteiger partial charge in [-0.25, -0.2) is 13.2 Å². The van der Waals surface area contributed by atoms with E-state index in [-0.39, 0.29) is 17.8 Å². The Morgan fingerprint density at radius 3 is 2.38 bits per heavy atom. The first-order valence-electron chi connectivity index (χ1n) is 7.58. The molecule has 0 aliphatic carbocycles. The fraction of sp³-hybridized carbons (Fsp3) is 0.211. The Kier molecular flexibility index (Phi) is 4.18. The lowest BCUT2D eigenvalue weighted by Crippen LogP contribution is -2.31. The summed E-state index contributed by atoms with van der Waals surface area (Å²) in [4.78, 5) is 13.5. The van der Waals surface area contributed by atoms with E-state index in [4.69, 9.17) is 0 Å². The molecule has 0 aromatic heterocycles. The molecule has 0 saturated heterocycles. The van der Waals surface area contributed by atoms with Gasteiger partial charge in [0.25, 0.3) is 0 Å². The van der Waals surface area contributed by atoms with Crippen molar-refractivity contribution in [1.82, 2.24) is 0 Å². The predicted molar refractivity (Wildman–Crippen MR) is 86.2 cm³/mol. The summed E-state index contributed by atoms with van der Waals surface area (Å²) in [6.07, 6.45) is 2.83. The van der Waals surface area contributed by atoms with E-state index in [2.05, 4.69) is 0 Å². The van der Waals surface area contributed by atoms with Crippen LogP contribution in [-0.4, -0.2) is 5.78 Å². The third kappa shape index (κ3) is 2.94. The number of halogens is 3. The fourth-order valence-corrected chi connectivity index (χ4v) is 2.98. The van der Waals surface area contributed by atoms with Crippen molar-refractivity contribution in [1.29, 1.82) is 0 Å². The summed E-state index contributed by atoms with van der Waals surface area (Å²) >= 11 is 0. The average Bonchev–Trinajstić information content (AvgIpc) is 2.49. The zero-order valence-electron chi connectivity index (χ0n) is 13.3. The Labute approximate surface area is 138 Å². The highest BCUT2D eigenvalue weighted by Crippen LogP contribution is 2.37. The number of rotatable bonds is 2. The molecule has 0 amide bonds. The van der Waals surface area contributed by atoms with E-state index in [1.807, 2.05) is 32.0 Å². The van der Waals surface area contributed by atoms with Crippen molar-refractivity contribution in [3.8, 4) is 0 Å². The van der Waals surface area contributed by atoms with Gasteiger partial charge in [-0.2, -0.15) is 0 Å². The zero-order valence-corrected chi connectivity index (χ0v) is 13.3. The molecule has 0 spiro atoms. The average molecular weight is 331 g/mol.